The number of hydrogen-bond donors (Lipinski definition) is 1. The van der Waals surface area contributed by atoms with Crippen molar-refractivity contribution in [2.24, 2.45) is 0 Å². The molecule has 0 bridgehead atoms. The largest absolute Gasteiger partial charge is 0.352 e. The van der Waals surface area contributed by atoms with Gasteiger partial charge in [0, 0.05) is 40.4 Å². The standard InChI is InChI=1S/C28H29Cl2FN2O2S/c1-19(2)32-28(35)26(15-20-7-4-3-5-8-20)33(16-21-11-13-22(29)14-12-21)27(34)18-36-17-23-24(30)9-6-10-25(23)31/h3-14,19,26H,15-18H2,1-2H3,(H,32,35)/t26-/m0/s1. The maximum atomic E-state index is 14.2. The third kappa shape index (κ3) is 8.26. The molecule has 3 rings (SSSR count). The first kappa shape index (κ1) is 28.0. The molecule has 0 radical (unpaired) electrons. The Morgan fingerprint density at radius 3 is 2.28 bits per heavy atom. The Hall–Kier alpha value is -2.54. The van der Waals surface area contributed by atoms with Crippen LogP contribution in [0.5, 0.6) is 0 Å². The number of benzene rings is 3. The third-order valence-corrected chi connectivity index (χ3v) is 7.05. The second-order valence-electron chi connectivity index (χ2n) is 8.71. The van der Waals surface area contributed by atoms with Gasteiger partial charge in [0.15, 0.2) is 0 Å². The van der Waals surface area contributed by atoms with Crippen LogP contribution < -0.4 is 5.32 Å². The van der Waals surface area contributed by atoms with Gasteiger partial charge >= 0.3 is 0 Å². The molecule has 36 heavy (non-hydrogen) atoms. The van der Waals surface area contributed by atoms with Crippen LogP contribution in [-0.2, 0) is 28.3 Å². The fourth-order valence-corrected chi connectivity index (χ4v) is 5.09. The highest BCUT2D eigenvalue weighted by atomic mass is 35.5. The van der Waals surface area contributed by atoms with Crippen molar-refractivity contribution in [3.63, 3.8) is 0 Å². The molecule has 0 fully saturated rings. The van der Waals surface area contributed by atoms with Crippen molar-refractivity contribution in [2.45, 2.75) is 44.6 Å². The van der Waals surface area contributed by atoms with Crippen molar-refractivity contribution in [1.29, 1.82) is 0 Å². The van der Waals surface area contributed by atoms with E-state index in [-0.39, 0.29) is 35.9 Å². The first-order valence-electron chi connectivity index (χ1n) is 11.6. The summed E-state index contributed by atoms with van der Waals surface area (Å²) in [6.45, 7) is 4.01. The maximum absolute atomic E-state index is 14.2. The average Bonchev–Trinajstić information content (AvgIpc) is 2.84. The zero-order valence-corrected chi connectivity index (χ0v) is 22.5. The molecule has 0 unspecified atom stereocenters. The number of halogens is 3. The van der Waals surface area contributed by atoms with E-state index in [9.17, 15) is 14.0 Å². The SMILES string of the molecule is CC(C)NC(=O)[C@H](Cc1ccccc1)N(Cc1ccc(Cl)cc1)C(=O)CSCc1c(F)cccc1Cl. The van der Waals surface area contributed by atoms with Crippen LogP contribution in [-0.4, -0.2) is 34.6 Å². The van der Waals surface area contributed by atoms with Crippen molar-refractivity contribution in [1.82, 2.24) is 10.2 Å². The summed E-state index contributed by atoms with van der Waals surface area (Å²) >= 11 is 13.5. The second kappa shape index (κ2) is 13.7. The molecule has 0 aliphatic rings. The van der Waals surface area contributed by atoms with Crippen LogP contribution in [0.15, 0.2) is 72.8 Å². The fraction of sp³-hybridized carbons (Fsp3) is 0.286. The Labute approximate surface area is 226 Å². The highest BCUT2D eigenvalue weighted by molar-refractivity contribution is 7.99. The number of hydrogen-bond acceptors (Lipinski definition) is 3. The number of nitrogens with one attached hydrogen (secondary N) is 1. The van der Waals surface area contributed by atoms with Crippen LogP contribution >= 0.6 is 35.0 Å². The van der Waals surface area contributed by atoms with Crippen molar-refractivity contribution in [2.75, 3.05) is 5.75 Å². The Morgan fingerprint density at radius 2 is 1.64 bits per heavy atom. The number of thioether (sulfide) groups is 1. The summed E-state index contributed by atoms with van der Waals surface area (Å²) in [4.78, 5) is 28.5. The normalized spacial score (nSPS) is 11.8. The first-order valence-corrected chi connectivity index (χ1v) is 13.5. The van der Waals surface area contributed by atoms with Gasteiger partial charge in [-0.2, -0.15) is 0 Å². The molecule has 8 heteroatoms. The highest BCUT2D eigenvalue weighted by Crippen LogP contribution is 2.25. The van der Waals surface area contributed by atoms with Gasteiger partial charge in [0.2, 0.25) is 11.8 Å². The molecular weight excluding hydrogens is 518 g/mol. The number of carbonyl (C=O) groups is 2. The Bertz CT molecular complexity index is 1140. The molecule has 0 aromatic heterocycles. The Morgan fingerprint density at radius 1 is 0.944 bits per heavy atom. The van der Waals surface area contributed by atoms with Gasteiger partial charge < -0.3 is 10.2 Å². The summed E-state index contributed by atoms with van der Waals surface area (Å²) in [7, 11) is 0. The molecule has 4 nitrogen and oxygen atoms in total. The molecule has 0 aliphatic heterocycles. The van der Waals surface area contributed by atoms with Gasteiger partial charge in [0.05, 0.1) is 5.75 Å². The van der Waals surface area contributed by atoms with Gasteiger partial charge in [-0.15, -0.1) is 11.8 Å². The first-order chi connectivity index (χ1) is 17.2. The predicted octanol–water partition coefficient (Wildman–Crippen LogP) is 6.53. The minimum Gasteiger partial charge on any atom is -0.352 e. The van der Waals surface area contributed by atoms with Crippen molar-refractivity contribution >= 4 is 46.8 Å². The van der Waals surface area contributed by atoms with E-state index in [4.69, 9.17) is 23.2 Å². The van der Waals surface area contributed by atoms with Crippen LogP contribution in [0, 0.1) is 5.82 Å². The van der Waals surface area contributed by atoms with Crippen molar-refractivity contribution in [3.8, 4) is 0 Å². The summed E-state index contributed by atoms with van der Waals surface area (Å²) in [5.74, 6) is -0.536. The van der Waals surface area contributed by atoms with Crippen LogP contribution in [0.4, 0.5) is 4.39 Å². The second-order valence-corrected chi connectivity index (χ2v) is 10.5. The number of rotatable bonds is 11. The molecule has 0 saturated heterocycles. The van der Waals surface area contributed by atoms with E-state index < -0.39 is 11.9 Å². The Balaban J connectivity index is 1.86. The molecule has 0 heterocycles. The van der Waals surface area contributed by atoms with Crippen LogP contribution in [0.3, 0.4) is 0 Å². The van der Waals surface area contributed by atoms with Gasteiger partial charge in [-0.25, -0.2) is 4.39 Å². The number of nitrogens with zero attached hydrogens (tertiary/aromatic N) is 1. The monoisotopic (exact) mass is 546 g/mol. The smallest absolute Gasteiger partial charge is 0.243 e. The van der Waals surface area contributed by atoms with Gasteiger partial charge in [0.25, 0.3) is 0 Å². The fourth-order valence-electron chi connectivity index (χ4n) is 3.71. The molecule has 1 N–H and O–H groups in total. The molecule has 0 spiro atoms. The van der Waals surface area contributed by atoms with Gasteiger partial charge in [-0.1, -0.05) is 71.7 Å². The lowest BCUT2D eigenvalue weighted by atomic mass is 10.0. The Kier molecular flexibility index (Phi) is 10.7. The molecule has 2 amide bonds. The number of amides is 2. The van der Waals surface area contributed by atoms with E-state index in [1.807, 2.05) is 56.3 Å². The zero-order chi connectivity index (χ0) is 26.1. The van der Waals surface area contributed by atoms with E-state index >= 15 is 0 Å². The zero-order valence-electron chi connectivity index (χ0n) is 20.2. The summed E-state index contributed by atoms with van der Waals surface area (Å²) in [6.07, 6.45) is 0.364. The summed E-state index contributed by atoms with van der Waals surface area (Å²) in [5, 5.41) is 3.88. The summed E-state index contributed by atoms with van der Waals surface area (Å²) < 4.78 is 14.2. The quantitative estimate of drug-likeness (QED) is 0.297. The summed E-state index contributed by atoms with van der Waals surface area (Å²) in [5.41, 5.74) is 2.16. The van der Waals surface area contributed by atoms with E-state index in [1.165, 1.54) is 17.8 Å². The summed E-state index contributed by atoms with van der Waals surface area (Å²) in [6, 6.07) is 20.5. The minimum atomic E-state index is -0.726. The van der Waals surface area contributed by atoms with Gasteiger partial charge in [-0.05, 0) is 49.2 Å². The molecule has 0 aliphatic carbocycles. The highest BCUT2D eigenvalue weighted by Gasteiger charge is 2.30. The van der Waals surface area contributed by atoms with Crippen LogP contribution in [0.25, 0.3) is 0 Å². The molecule has 0 saturated carbocycles. The average molecular weight is 548 g/mol. The molecule has 1 atom stereocenters. The topological polar surface area (TPSA) is 49.4 Å². The van der Waals surface area contributed by atoms with Crippen molar-refractivity contribution in [3.05, 3.63) is 105 Å². The predicted molar refractivity (Wildman–Crippen MR) is 147 cm³/mol. The molecular formula is C28H29Cl2FN2O2S. The lowest BCUT2D eigenvalue weighted by Crippen LogP contribution is -2.52. The van der Waals surface area contributed by atoms with Gasteiger partial charge in [-0.3, -0.25) is 9.59 Å². The van der Waals surface area contributed by atoms with Crippen LogP contribution in [0.2, 0.25) is 10.0 Å². The molecule has 3 aromatic rings. The van der Waals surface area contributed by atoms with E-state index in [0.29, 0.717) is 22.0 Å². The van der Waals surface area contributed by atoms with E-state index in [2.05, 4.69) is 5.32 Å². The lowest BCUT2D eigenvalue weighted by Gasteiger charge is -2.32. The van der Waals surface area contributed by atoms with Crippen LogP contribution in [0.1, 0.15) is 30.5 Å². The minimum absolute atomic E-state index is 0.0680. The number of carbonyl (C=O) groups excluding carboxylic acids is 2. The maximum Gasteiger partial charge on any atom is 0.243 e. The third-order valence-electron chi connectivity index (χ3n) is 5.50. The molecule has 3 aromatic carbocycles. The van der Waals surface area contributed by atoms with Crippen molar-refractivity contribution < 1.29 is 14.0 Å². The van der Waals surface area contributed by atoms with E-state index in [0.717, 1.165) is 11.1 Å². The van der Waals surface area contributed by atoms with Gasteiger partial charge in [0.1, 0.15) is 11.9 Å². The molecule has 190 valence electrons. The lowest BCUT2D eigenvalue weighted by molar-refractivity contribution is -0.139. The van der Waals surface area contributed by atoms with E-state index in [1.54, 1.807) is 29.2 Å².